The molecular weight excluding hydrogens is 216 g/mol. The van der Waals surface area contributed by atoms with E-state index in [9.17, 15) is 0 Å². The van der Waals surface area contributed by atoms with Crippen molar-refractivity contribution in [2.75, 3.05) is 33.9 Å². The molecular formula is C12H24N4O. The van der Waals surface area contributed by atoms with Crippen molar-refractivity contribution in [3.8, 4) is 0 Å². The quantitative estimate of drug-likeness (QED) is 0.671. The van der Waals surface area contributed by atoms with E-state index >= 15 is 0 Å². The lowest BCUT2D eigenvalue weighted by molar-refractivity contribution is 0.191. The van der Waals surface area contributed by atoms with Crippen LogP contribution in [0.3, 0.4) is 0 Å². The lowest BCUT2D eigenvalue weighted by Crippen LogP contribution is -2.38. The molecule has 17 heavy (non-hydrogen) atoms. The number of methoxy groups -OCH3 is 1. The summed E-state index contributed by atoms with van der Waals surface area (Å²) in [4.78, 5) is 2.32. The van der Waals surface area contributed by atoms with Gasteiger partial charge in [-0.05, 0) is 14.0 Å². The Morgan fingerprint density at radius 2 is 2.35 bits per heavy atom. The second kappa shape index (κ2) is 7.42. The Labute approximate surface area is 104 Å². The van der Waals surface area contributed by atoms with Gasteiger partial charge >= 0.3 is 0 Å². The predicted octanol–water partition coefficient (Wildman–Crippen LogP) is 0.476. The first-order chi connectivity index (χ1) is 8.13. The Balaban J connectivity index is 2.24. The average Bonchev–Trinajstić information content (AvgIpc) is 2.70. The zero-order valence-corrected chi connectivity index (χ0v) is 11.3. The van der Waals surface area contributed by atoms with E-state index in [1.807, 2.05) is 17.9 Å². The molecule has 5 nitrogen and oxygen atoms in total. The van der Waals surface area contributed by atoms with E-state index in [1.165, 1.54) is 5.56 Å². The van der Waals surface area contributed by atoms with Gasteiger partial charge in [-0.2, -0.15) is 5.10 Å². The summed E-state index contributed by atoms with van der Waals surface area (Å²) in [6.07, 6.45) is 3.98. The molecule has 0 saturated carbocycles. The number of ether oxygens (including phenoxy) is 1. The molecule has 1 aromatic rings. The van der Waals surface area contributed by atoms with Crippen molar-refractivity contribution in [1.29, 1.82) is 0 Å². The molecule has 0 fully saturated rings. The minimum absolute atomic E-state index is 0.493. The molecule has 0 amide bonds. The SMILES string of the molecule is COCCNCC(C)N(C)Cc1cnn(C)c1. The molecule has 98 valence electrons. The molecule has 0 aliphatic carbocycles. The predicted molar refractivity (Wildman–Crippen MR) is 68.9 cm³/mol. The highest BCUT2D eigenvalue weighted by molar-refractivity contribution is 5.03. The summed E-state index contributed by atoms with van der Waals surface area (Å²) in [7, 11) is 5.80. The maximum absolute atomic E-state index is 5.00. The number of likely N-dealkylation sites (N-methyl/N-ethyl adjacent to an activating group) is 1. The number of nitrogens with zero attached hydrogens (tertiary/aromatic N) is 3. The van der Waals surface area contributed by atoms with Crippen LogP contribution < -0.4 is 5.32 Å². The van der Waals surface area contributed by atoms with Crippen LogP contribution in [-0.2, 0) is 18.3 Å². The molecule has 5 heteroatoms. The Kier molecular flexibility index (Phi) is 6.18. The van der Waals surface area contributed by atoms with Crippen molar-refractivity contribution < 1.29 is 4.74 Å². The van der Waals surface area contributed by atoms with Crippen molar-refractivity contribution in [1.82, 2.24) is 20.0 Å². The summed E-state index contributed by atoms with van der Waals surface area (Å²) < 4.78 is 6.83. The number of aryl methyl sites for hydroxylation is 1. The maximum atomic E-state index is 5.00. The minimum atomic E-state index is 0.493. The Hall–Kier alpha value is -0.910. The fourth-order valence-electron chi connectivity index (χ4n) is 1.64. The Bertz CT molecular complexity index is 313. The van der Waals surface area contributed by atoms with Crippen LogP contribution in [0.2, 0.25) is 0 Å². The van der Waals surface area contributed by atoms with Crippen LogP contribution in [0.1, 0.15) is 12.5 Å². The minimum Gasteiger partial charge on any atom is -0.383 e. The second-order valence-electron chi connectivity index (χ2n) is 4.48. The first kappa shape index (κ1) is 14.2. The lowest BCUT2D eigenvalue weighted by atomic mass is 10.2. The van der Waals surface area contributed by atoms with E-state index in [-0.39, 0.29) is 0 Å². The molecule has 1 unspecified atom stereocenters. The van der Waals surface area contributed by atoms with E-state index in [2.05, 4.69) is 35.5 Å². The molecule has 0 radical (unpaired) electrons. The van der Waals surface area contributed by atoms with Gasteiger partial charge in [-0.1, -0.05) is 0 Å². The third kappa shape index (κ3) is 5.30. The number of aromatic nitrogens is 2. The fourth-order valence-corrected chi connectivity index (χ4v) is 1.64. The molecule has 0 saturated heterocycles. The van der Waals surface area contributed by atoms with Crippen LogP contribution >= 0.6 is 0 Å². The van der Waals surface area contributed by atoms with Gasteiger partial charge in [0.1, 0.15) is 0 Å². The van der Waals surface area contributed by atoms with E-state index in [0.717, 1.165) is 26.2 Å². The maximum Gasteiger partial charge on any atom is 0.0587 e. The summed E-state index contributed by atoms with van der Waals surface area (Å²) in [5, 5.41) is 7.54. The molecule has 1 rings (SSSR count). The van der Waals surface area contributed by atoms with Crippen molar-refractivity contribution in [3.63, 3.8) is 0 Å². The topological polar surface area (TPSA) is 42.3 Å². The van der Waals surface area contributed by atoms with Gasteiger partial charge in [0.15, 0.2) is 0 Å². The monoisotopic (exact) mass is 240 g/mol. The van der Waals surface area contributed by atoms with Gasteiger partial charge in [-0.25, -0.2) is 0 Å². The fraction of sp³-hybridized carbons (Fsp3) is 0.750. The van der Waals surface area contributed by atoms with Crippen molar-refractivity contribution in [2.24, 2.45) is 7.05 Å². The first-order valence-electron chi connectivity index (χ1n) is 6.01. The van der Waals surface area contributed by atoms with Gasteiger partial charge in [0, 0.05) is 51.6 Å². The van der Waals surface area contributed by atoms with Crippen LogP contribution in [0, 0.1) is 0 Å². The van der Waals surface area contributed by atoms with Crippen LogP contribution in [0.15, 0.2) is 12.4 Å². The summed E-state index contributed by atoms with van der Waals surface area (Å²) in [5.74, 6) is 0. The smallest absolute Gasteiger partial charge is 0.0587 e. The second-order valence-corrected chi connectivity index (χ2v) is 4.48. The van der Waals surface area contributed by atoms with Gasteiger partial charge < -0.3 is 10.1 Å². The molecule has 0 aromatic carbocycles. The molecule has 1 aromatic heterocycles. The van der Waals surface area contributed by atoms with Gasteiger partial charge in [-0.15, -0.1) is 0 Å². The molecule has 0 bridgehead atoms. The zero-order valence-electron chi connectivity index (χ0n) is 11.3. The lowest BCUT2D eigenvalue weighted by Gasteiger charge is -2.24. The van der Waals surface area contributed by atoms with Crippen molar-refractivity contribution in [2.45, 2.75) is 19.5 Å². The van der Waals surface area contributed by atoms with Crippen LogP contribution in [-0.4, -0.2) is 54.6 Å². The van der Waals surface area contributed by atoms with Crippen LogP contribution in [0.5, 0.6) is 0 Å². The first-order valence-corrected chi connectivity index (χ1v) is 6.01. The Morgan fingerprint density at radius 1 is 1.59 bits per heavy atom. The summed E-state index contributed by atoms with van der Waals surface area (Å²) >= 11 is 0. The highest BCUT2D eigenvalue weighted by Crippen LogP contribution is 2.04. The molecule has 1 atom stereocenters. The normalized spacial score (nSPS) is 13.2. The van der Waals surface area contributed by atoms with E-state index < -0.39 is 0 Å². The van der Waals surface area contributed by atoms with E-state index in [4.69, 9.17) is 4.74 Å². The summed E-state index contributed by atoms with van der Waals surface area (Å²) in [5.41, 5.74) is 1.25. The number of rotatable bonds is 8. The van der Waals surface area contributed by atoms with Gasteiger partial charge in [0.25, 0.3) is 0 Å². The summed E-state index contributed by atoms with van der Waals surface area (Å²) in [6, 6.07) is 0.493. The van der Waals surface area contributed by atoms with Gasteiger partial charge in [-0.3, -0.25) is 9.58 Å². The number of nitrogens with one attached hydrogen (secondary N) is 1. The highest BCUT2D eigenvalue weighted by Gasteiger charge is 2.09. The van der Waals surface area contributed by atoms with Crippen LogP contribution in [0.25, 0.3) is 0 Å². The largest absolute Gasteiger partial charge is 0.383 e. The Morgan fingerprint density at radius 3 is 2.94 bits per heavy atom. The molecule has 1 heterocycles. The third-order valence-corrected chi connectivity index (χ3v) is 2.87. The van der Waals surface area contributed by atoms with E-state index in [1.54, 1.807) is 7.11 Å². The van der Waals surface area contributed by atoms with Crippen molar-refractivity contribution >= 4 is 0 Å². The zero-order chi connectivity index (χ0) is 12.7. The molecule has 0 aliphatic heterocycles. The molecule has 0 spiro atoms. The number of hydrogen-bond acceptors (Lipinski definition) is 4. The standard InChI is InChI=1S/C12H24N4O/c1-11(7-13-5-6-17-4)15(2)9-12-8-14-16(3)10-12/h8,10-11,13H,5-7,9H2,1-4H3. The van der Waals surface area contributed by atoms with Gasteiger partial charge in [0.05, 0.1) is 12.8 Å². The van der Waals surface area contributed by atoms with E-state index in [0.29, 0.717) is 6.04 Å². The highest BCUT2D eigenvalue weighted by atomic mass is 16.5. The van der Waals surface area contributed by atoms with Gasteiger partial charge in [0.2, 0.25) is 0 Å². The summed E-state index contributed by atoms with van der Waals surface area (Å²) in [6.45, 7) is 5.79. The molecule has 0 aliphatic rings. The van der Waals surface area contributed by atoms with Crippen LogP contribution in [0.4, 0.5) is 0 Å². The number of hydrogen-bond donors (Lipinski definition) is 1. The third-order valence-electron chi connectivity index (χ3n) is 2.87. The van der Waals surface area contributed by atoms with Crippen molar-refractivity contribution in [3.05, 3.63) is 18.0 Å². The average molecular weight is 240 g/mol. The molecule has 1 N–H and O–H groups in total.